The van der Waals surface area contributed by atoms with Crippen LogP contribution in [0.1, 0.15) is 23.9 Å². The first kappa shape index (κ1) is 23.9. The maximum atomic E-state index is 12.6. The number of aromatic nitrogens is 3. The third-order valence-electron chi connectivity index (χ3n) is 5.29. The number of amides is 1. The summed E-state index contributed by atoms with van der Waals surface area (Å²) in [4.78, 5) is 12.6. The van der Waals surface area contributed by atoms with Crippen molar-refractivity contribution < 1.29 is 9.53 Å². The van der Waals surface area contributed by atoms with Crippen LogP contribution in [-0.4, -0.2) is 26.4 Å². The number of benzene rings is 3. The van der Waals surface area contributed by atoms with Gasteiger partial charge in [0.2, 0.25) is 5.91 Å². The van der Waals surface area contributed by atoms with Crippen LogP contribution in [0.25, 0.3) is 5.69 Å². The van der Waals surface area contributed by atoms with E-state index in [4.69, 9.17) is 16.3 Å². The van der Waals surface area contributed by atoms with E-state index in [0.717, 1.165) is 23.4 Å². The normalized spacial score (nSPS) is 10.8. The molecule has 0 aliphatic carbocycles. The zero-order valence-electron chi connectivity index (χ0n) is 19.0. The van der Waals surface area contributed by atoms with Crippen LogP contribution in [0.2, 0.25) is 5.02 Å². The Morgan fingerprint density at radius 2 is 1.79 bits per heavy atom. The predicted molar refractivity (Wildman–Crippen MR) is 137 cm³/mol. The molecule has 8 heteroatoms. The van der Waals surface area contributed by atoms with Crippen molar-refractivity contribution in [3.63, 3.8) is 0 Å². The molecule has 4 rings (SSSR count). The highest BCUT2D eigenvalue weighted by molar-refractivity contribution is 7.99. The maximum absolute atomic E-state index is 12.6. The quantitative estimate of drug-likeness (QED) is 0.286. The minimum atomic E-state index is -0.145. The zero-order valence-corrected chi connectivity index (χ0v) is 20.6. The van der Waals surface area contributed by atoms with Gasteiger partial charge in [-0.1, -0.05) is 66.7 Å². The number of carbonyl (C=O) groups excluding carboxylic acids is 1. The lowest BCUT2D eigenvalue weighted by molar-refractivity contribution is -0.113. The van der Waals surface area contributed by atoms with Crippen LogP contribution in [0, 0.1) is 6.92 Å². The molecule has 0 saturated heterocycles. The second-order valence-corrected chi connectivity index (χ2v) is 8.95. The third-order valence-corrected chi connectivity index (χ3v) is 6.63. The van der Waals surface area contributed by atoms with Gasteiger partial charge in [-0.25, -0.2) is 0 Å². The fraction of sp³-hybridized carbons (Fsp3) is 0.192. The lowest BCUT2D eigenvalue weighted by atomic mass is 10.1. The first-order valence-electron chi connectivity index (χ1n) is 10.9. The van der Waals surface area contributed by atoms with Gasteiger partial charge in [0.15, 0.2) is 11.0 Å². The fourth-order valence-corrected chi connectivity index (χ4v) is 4.30. The standard InChI is InChI=1S/C26H25ClN4O2S/c1-3-19-12-14-20(15-13-19)31-24(16-33-21-8-5-4-6-9-21)29-30-26(31)34-17-25(32)28-23-11-7-10-22(27)18(23)2/h4-15H,3,16-17H2,1-2H3,(H,28,32). The van der Waals surface area contributed by atoms with E-state index in [0.29, 0.717) is 21.7 Å². The smallest absolute Gasteiger partial charge is 0.234 e. The minimum absolute atomic E-state index is 0.145. The Kier molecular flexibility index (Phi) is 7.87. The third kappa shape index (κ3) is 5.79. The summed E-state index contributed by atoms with van der Waals surface area (Å²) in [7, 11) is 0. The number of thioether (sulfide) groups is 1. The van der Waals surface area contributed by atoms with Crippen molar-refractivity contribution in [1.82, 2.24) is 14.8 Å². The molecule has 0 saturated carbocycles. The molecular weight excluding hydrogens is 468 g/mol. The Morgan fingerprint density at radius 1 is 1.03 bits per heavy atom. The molecule has 0 unspecified atom stereocenters. The topological polar surface area (TPSA) is 69.0 Å². The molecule has 1 aromatic heterocycles. The highest BCUT2D eigenvalue weighted by atomic mass is 35.5. The van der Waals surface area contributed by atoms with Gasteiger partial charge in [0.1, 0.15) is 12.4 Å². The van der Waals surface area contributed by atoms with Gasteiger partial charge in [-0.05, 0) is 60.9 Å². The van der Waals surface area contributed by atoms with Crippen molar-refractivity contribution >= 4 is 35.0 Å². The molecule has 0 spiro atoms. The number of nitrogens with zero attached hydrogens (tertiary/aromatic N) is 3. The largest absolute Gasteiger partial charge is 0.486 e. The molecule has 0 bridgehead atoms. The molecule has 174 valence electrons. The Morgan fingerprint density at radius 3 is 2.53 bits per heavy atom. The number of rotatable bonds is 9. The molecule has 0 atom stereocenters. The summed E-state index contributed by atoms with van der Waals surface area (Å²) in [5.41, 5.74) is 3.69. The molecular formula is C26H25ClN4O2S. The second kappa shape index (κ2) is 11.2. The SMILES string of the molecule is CCc1ccc(-n2c(COc3ccccc3)nnc2SCC(=O)Nc2cccc(Cl)c2C)cc1. The molecule has 1 heterocycles. The number of halogens is 1. The summed E-state index contributed by atoms with van der Waals surface area (Å²) in [5.74, 6) is 1.44. The number of hydrogen-bond acceptors (Lipinski definition) is 5. The number of nitrogens with one attached hydrogen (secondary N) is 1. The van der Waals surface area contributed by atoms with Gasteiger partial charge in [0.05, 0.1) is 5.75 Å². The van der Waals surface area contributed by atoms with E-state index < -0.39 is 0 Å². The van der Waals surface area contributed by atoms with Crippen LogP contribution in [0.4, 0.5) is 5.69 Å². The van der Waals surface area contributed by atoms with Crippen LogP contribution in [0.5, 0.6) is 5.75 Å². The molecule has 3 aromatic carbocycles. The number of anilines is 1. The van der Waals surface area contributed by atoms with Gasteiger partial charge in [-0.2, -0.15) is 0 Å². The number of hydrogen-bond donors (Lipinski definition) is 1. The highest BCUT2D eigenvalue weighted by Crippen LogP contribution is 2.26. The molecule has 0 aliphatic heterocycles. The van der Waals surface area contributed by atoms with E-state index in [2.05, 4.69) is 34.6 Å². The lowest BCUT2D eigenvalue weighted by Crippen LogP contribution is -2.15. The van der Waals surface area contributed by atoms with E-state index in [1.54, 1.807) is 6.07 Å². The zero-order chi connectivity index (χ0) is 23.9. The van der Waals surface area contributed by atoms with Gasteiger partial charge >= 0.3 is 0 Å². The molecule has 1 N–H and O–H groups in total. The van der Waals surface area contributed by atoms with Crippen LogP contribution in [0.3, 0.4) is 0 Å². The molecule has 0 radical (unpaired) electrons. The molecule has 0 aliphatic rings. The molecule has 6 nitrogen and oxygen atoms in total. The first-order chi connectivity index (χ1) is 16.5. The molecule has 1 amide bonds. The summed E-state index contributed by atoms with van der Waals surface area (Å²) >= 11 is 7.49. The second-order valence-electron chi connectivity index (χ2n) is 7.61. The average Bonchev–Trinajstić information content (AvgIpc) is 3.28. The average molecular weight is 493 g/mol. The molecule has 4 aromatic rings. The highest BCUT2D eigenvalue weighted by Gasteiger charge is 2.17. The van der Waals surface area contributed by atoms with Crippen LogP contribution < -0.4 is 10.1 Å². The van der Waals surface area contributed by atoms with Crippen molar-refractivity contribution in [2.45, 2.75) is 32.0 Å². The van der Waals surface area contributed by atoms with Crippen molar-refractivity contribution in [2.75, 3.05) is 11.1 Å². The number of ether oxygens (including phenoxy) is 1. The number of aryl methyl sites for hydroxylation is 1. The van der Waals surface area contributed by atoms with Crippen molar-refractivity contribution in [3.8, 4) is 11.4 Å². The Bertz CT molecular complexity index is 1260. The summed E-state index contributed by atoms with van der Waals surface area (Å²) in [6, 6.07) is 23.3. The van der Waals surface area contributed by atoms with Gasteiger partial charge < -0.3 is 10.1 Å². The predicted octanol–water partition coefficient (Wildman–Crippen LogP) is 6.10. The van der Waals surface area contributed by atoms with Gasteiger partial charge in [0, 0.05) is 16.4 Å². The van der Waals surface area contributed by atoms with Crippen molar-refractivity contribution in [1.29, 1.82) is 0 Å². The van der Waals surface area contributed by atoms with Gasteiger partial charge in [0.25, 0.3) is 0 Å². The lowest BCUT2D eigenvalue weighted by Gasteiger charge is -2.12. The van der Waals surface area contributed by atoms with E-state index in [9.17, 15) is 4.79 Å². The summed E-state index contributed by atoms with van der Waals surface area (Å²) in [6.07, 6.45) is 0.955. The van der Waals surface area contributed by atoms with E-state index >= 15 is 0 Å². The van der Waals surface area contributed by atoms with Gasteiger partial charge in [-0.3, -0.25) is 9.36 Å². The summed E-state index contributed by atoms with van der Waals surface area (Å²) in [6.45, 7) is 4.25. The summed E-state index contributed by atoms with van der Waals surface area (Å²) in [5, 5.41) is 12.9. The molecule has 0 fully saturated rings. The Labute approximate surface area is 208 Å². The van der Waals surface area contributed by atoms with Crippen LogP contribution >= 0.6 is 23.4 Å². The summed E-state index contributed by atoms with van der Waals surface area (Å²) < 4.78 is 7.85. The number of para-hydroxylation sites is 1. The van der Waals surface area contributed by atoms with E-state index in [-0.39, 0.29) is 18.3 Å². The van der Waals surface area contributed by atoms with E-state index in [1.165, 1.54) is 17.3 Å². The van der Waals surface area contributed by atoms with Crippen LogP contribution in [0.15, 0.2) is 78.0 Å². The Balaban J connectivity index is 1.52. The number of carbonyl (C=O) groups is 1. The Hall–Kier alpha value is -3.29. The minimum Gasteiger partial charge on any atom is -0.486 e. The molecule has 34 heavy (non-hydrogen) atoms. The van der Waals surface area contributed by atoms with Crippen molar-refractivity contribution in [3.05, 3.63) is 94.8 Å². The maximum Gasteiger partial charge on any atom is 0.234 e. The van der Waals surface area contributed by atoms with Gasteiger partial charge in [-0.15, -0.1) is 10.2 Å². The first-order valence-corrected chi connectivity index (χ1v) is 12.3. The monoisotopic (exact) mass is 492 g/mol. The van der Waals surface area contributed by atoms with Crippen molar-refractivity contribution in [2.24, 2.45) is 0 Å². The van der Waals surface area contributed by atoms with Crippen LogP contribution in [-0.2, 0) is 17.8 Å². The fourth-order valence-electron chi connectivity index (χ4n) is 3.35. The van der Waals surface area contributed by atoms with E-state index in [1.807, 2.05) is 66.1 Å².